The highest BCUT2D eigenvalue weighted by Gasteiger charge is 2.20. The predicted molar refractivity (Wildman–Crippen MR) is 68.0 cm³/mol. The van der Waals surface area contributed by atoms with Crippen molar-refractivity contribution >= 4 is 0 Å². The van der Waals surface area contributed by atoms with Gasteiger partial charge in [0.2, 0.25) is 11.8 Å². The van der Waals surface area contributed by atoms with Crippen LogP contribution in [-0.4, -0.2) is 35.3 Å². The zero-order chi connectivity index (χ0) is 13.1. The number of ether oxygens (including phenoxy) is 1. The van der Waals surface area contributed by atoms with Crippen molar-refractivity contribution in [2.45, 2.75) is 12.8 Å². The van der Waals surface area contributed by atoms with Crippen LogP contribution < -0.4 is 10.1 Å². The Hall–Kier alpha value is -1.95. The van der Waals surface area contributed by atoms with E-state index in [1.54, 1.807) is 13.3 Å². The maximum atomic E-state index is 5.25. The third-order valence-electron chi connectivity index (χ3n) is 3.21. The number of nitrogens with zero attached hydrogens (tertiary/aromatic N) is 3. The van der Waals surface area contributed by atoms with Gasteiger partial charge >= 0.3 is 0 Å². The number of methoxy groups -OCH3 is 1. The molecule has 1 N–H and O–H groups in total. The summed E-state index contributed by atoms with van der Waals surface area (Å²) in [4.78, 5) is 8.56. The van der Waals surface area contributed by atoms with Crippen LogP contribution in [0.5, 0.6) is 5.88 Å². The minimum Gasteiger partial charge on any atom is -0.481 e. The maximum absolute atomic E-state index is 5.25. The lowest BCUT2D eigenvalue weighted by molar-refractivity contribution is 0.295. The highest BCUT2D eigenvalue weighted by atomic mass is 16.5. The van der Waals surface area contributed by atoms with Crippen LogP contribution in [0.15, 0.2) is 22.9 Å². The van der Waals surface area contributed by atoms with Crippen molar-refractivity contribution in [3.63, 3.8) is 0 Å². The highest BCUT2D eigenvalue weighted by Crippen LogP contribution is 2.13. The van der Waals surface area contributed by atoms with Crippen LogP contribution in [0.2, 0.25) is 0 Å². The zero-order valence-corrected chi connectivity index (χ0v) is 10.8. The van der Waals surface area contributed by atoms with Gasteiger partial charge in [-0.05, 0) is 24.6 Å². The second-order valence-electron chi connectivity index (χ2n) is 4.72. The fourth-order valence-electron chi connectivity index (χ4n) is 2.00. The van der Waals surface area contributed by atoms with Gasteiger partial charge in [0, 0.05) is 25.1 Å². The minimum atomic E-state index is 0.607. The SMILES string of the molecule is COc1ccc(Cc2noc(CC3CNC3)n2)cn1. The first-order valence-corrected chi connectivity index (χ1v) is 6.34. The standard InChI is InChI=1S/C13H16N4O2/c1-18-12-3-2-9(8-15-12)4-11-16-13(19-17-11)5-10-6-14-7-10/h2-3,8,10,14H,4-7H2,1H3. The molecule has 0 aliphatic carbocycles. The van der Waals surface area contributed by atoms with Crippen molar-refractivity contribution in [1.29, 1.82) is 0 Å². The molecule has 6 heteroatoms. The summed E-state index contributed by atoms with van der Waals surface area (Å²) in [5.74, 6) is 2.67. The average Bonchev–Trinajstić information content (AvgIpc) is 2.82. The molecular weight excluding hydrogens is 244 g/mol. The molecule has 0 bridgehead atoms. The van der Waals surface area contributed by atoms with E-state index in [9.17, 15) is 0 Å². The van der Waals surface area contributed by atoms with Gasteiger partial charge in [0.05, 0.1) is 7.11 Å². The van der Waals surface area contributed by atoms with Gasteiger partial charge in [-0.15, -0.1) is 0 Å². The molecule has 0 spiro atoms. The molecule has 0 radical (unpaired) electrons. The first-order valence-electron chi connectivity index (χ1n) is 6.34. The van der Waals surface area contributed by atoms with Gasteiger partial charge < -0.3 is 14.6 Å². The molecule has 1 fully saturated rings. The second kappa shape index (κ2) is 5.36. The molecule has 2 aromatic rings. The fourth-order valence-corrected chi connectivity index (χ4v) is 2.00. The molecule has 0 amide bonds. The fraction of sp³-hybridized carbons (Fsp3) is 0.462. The maximum Gasteiger partial charge on any atom is 0.227 e. The van der Waals surface area contributed by atoms with Crippen molar-refractivity contribution in [2.75, 3.05) is 20.2 Å². The molecule has 100 valence electrons. The Bertz CT molecular complexity index is 534. The van der Waals surface area contributed by atoms with Gasteiger partial charge in [-0.25, -0.2) is 4.98 Å². The van der Waals surface area contributed by atoms with Crippen LogP contribution in [0.1, 0.15) is 17.3 Å². The highest BCUT2D eigenvalue weighted by molar-refractivity contribution is 5.20. The van der Waals surface area contributed by atoms with E-state index in [0.717, 1.165) is 31.0 Å². The van der Waals surface area contributed by atoms with E-state index < -0.39 is 0 Å². The molecule has 2 aromatic heterocycles. The summed E-state index contributed by atoms with van der Waals surface area (Å²) in [5.41, 5.74) is 1.04. The van der Waals surface area contributed by atoms with Crippen molar-refractivity contribution in [3.8, 4) is 5.88 Å². The lowest BCUT2D eigenvalue weighted by Gasteiger charge is -2.25. The van der Waals surface area contributed by atoms with E-state index in [0.29, 0.717) is 24.0 Å². The Morgan fingerprint density at radius 1 is 1.42 bits per heavy atom. The number of hydrogen-bond donors (Lipinski definition) is 1. The second-order valence-corrected chi connectivity index (χ2v) is 4.72. The van der Waals surface area contributed by atoms with Crippen LogP contribution in [0.25, 0.3) is 0 Å². The number of pyridine rings is 1. The quantitative estimate of drug-likeness (QED) is 0.858. The normalized spacial score (nSPS) is 15.2. The molecule has 6 nitrogen and oxygen atoms in total. The van der Waals surface area contributed by atoms with Crippen molar-refractivity contribution in [2.24, 2.45) is 5.92 Å². The smallest absolute Gasteiger partial charge is 0.227 e. The third-order valence-corrected chi connectivity index (χ3v) is 3.21. The summed E-state index contributed by atoms with van der Waals surface area (Å²) in [6.45, 7) is 2.08. The van der Waals surface area contributed by atoms with Crippen LogP contribution in [0.4, 0.5) is 0 Å². The summed E-state index contributed by atoms with van der Waals surface area (Å²) in [6.07, 6.45) is 3.26. The Morgan fingerprint density at radius 2 is 2.32 bits per heavy atom. The minimum absolute atomic E-state index is 0.607. The Morgan fingerprint density at radius 3 is 2.95 bits per heavy atom. The van der Waals surface area contributed by atoms with E-state index >= 15 is 0 Å². The summed E-state index contributed by atoms with van der Waals surface area (Å²) in [6, 6.07) is 3.79. The molecule has 0 atom stereocenters. The number of rotatable bonds is 5. The molecule has 1 saturated heterocycles. The number of nitrogens with one attached hydrogen (secondary N) is 1. The Kier molecular flexibility index (Phi) is 3.41. The van der Waals surface area contributed by atoms with Gasteiger partial charge in [0.1, 0.15) is 0 Å². The lowest BCUT2D eigenvalue weighted by Crippen LogP contribution is -2.43. The van der Waals surface area contributed by atoms with E-state index in [1.807, 2.05) is 12.1 Å². The first-order chi connectivity index (χ1) is 9.33. The van der Waals surface area contributed by atoms with E-state index in [4.69, 9.17) is 9.26 Å². The first kappa shape index (κ1) is 12.1. The van der Waals surface area contributed by atoms with Crippen LogP contribution in [0.3, 0.4) is 0 Å². The molecular formula is C13H16N4O2. The van der Waals surface area contributed by atoms with Crippen molar-refractivity contribution < 1.29 is 9.26 Å². The summed E-state index contributed by atoms with van der Waals surface area (Å²) in [5, 5.41) is 7.23. The topological polar surface area (TPSA) is 73.1 Å². The predicted octanol–water partition coefficient (Wildman–Crippen LogP) is 0.826. The van der Waals surface area contributed by atoms with Crippen LogP contribution in [-0.2, 0) is 12.8 Å². The van der Waals surface area contributed by atoms with Crippen molar-refractivity contribution in [3.05, 3.63) is 35.6 Å². The molecule has 0 aromatic carbocycles. The van der Waals surface area contributed by atoms with Gasteiger partial charge in [0.25, 0.3) is 0 Å². The van der Waals surface area contributed by atoms with Crippen LogP contribution in [0, 0.1) is 5.92 Å². The third kappa shape index (κ3) is 2.90. The molecule has 1 aliphatic heterocycles. The lowest BCUT2D eigenvalue weighted by atomic mass is 10.00. The Balaban J connectivity index is 1.61. The monoisotopic (exact) mass is 260 g/mol. The van der Waals surface area contributed by atoms with E-state index in [2.05, 4.69) is 20.4 Å². The van der Waals surface area contributed by atoms with Gasteiger partial charge in [-0.3, -0.25) is 0 Å². The molecule has 3 heterocycles. The van der Waals surface area contributed by atoms with E-state index in [1.165, 1.54) is 0 Å². The summed E-state index contributed by atoms with van der Waals surface area (Å²) >= 11 is 0. The number of hydrogen-bond acceptors (Lipinski definition) is 6. The average molecular weight is 260 g/mol. The van der Waals surface area contributed by atoms with Crippen LogP contribution >= 0.6 is 0 Å². The van der Waals surface area contributed by atoms with Gasteiger partial charge in [-0.2, -0.15) is 4.98 Å². The largest absolute Gasteiger partial charge is 0.481 e. The van der Waals surface area contributed by atoms with Gasteiger partial charge in [-0.1, -0.05) is 11.2 Å². The number of aromatic nitrogens is 3. The summed E-state index contributed by atoms with van der Waals surface area (Å²) in [7, 11) is 1.60. The molecule has 19 heavy (non-hydrogen) atoms. The molecule has 0 saturated carbocycles. The Labute approximate surface area is 111 Å². The van der Waals surface area contributed by atoms with Crippen molar-refractivity contribution in [1.82, 2.24) is 20.4 Å². The zero-order valence-electron chi connectivity index (χ0n) is 10.8. The van der Waals surface area contributed by atoms with Gasteiger partial charge in [0.15, 0.2) is 5.82 Å². The molecule has 1 aliphatic rings. The molecule has 0 unspecified atom stereocenters. The summed E-state index contributed by atoms with van der Waals surface area (Å²) < 4.78 is 10.3. The molecule has 3 rings (SSSR count). The van der Waals surface area contributed by atoms with E-state index in [-0.39, 0.29) is 0 Å².